The maximum atomic E-state index is 13.2. The molecule has 2 atom stereocenters. The van der Waals surface area contributed by atoms with Crippen molar-refractivity contribution in [3.8, 4) is 0 Å². The lowest BCUT2D eigenvalue weighted by molar-refractivity contribution is 0.102. The van der Waals surface area contributed by atoms with Gasteiger partial charge in [-0.05, 0) is 37.8 Å². The first-order chi connectivity index (χ1) is 19.6. The Morgan fingerprint density at radius 1 is 0.675 bits per heavy atom. The Morgan fingerprint density at radius 3 is 1.52 bits per heavy atom. The topological polar surface area (TPSA) is 79.5 Å². The summed E-state index contributed by atoms with van der Waals surface area (Å²) in [7, 11) is -2.36. The van der Waals surface area contributed by atoms with Crippen molar-refractivity contribution < 1.29 is 23.2 Å². The van der Waals surface area contributed by atoms with Gasteiger partial charge in [0.2, 0.25) is 0 Å². The second-order valence-electron chi connectivity index (χ2n) is 10.5. The van der Waals surface area contributed by atoms with E-state index < -0.39 is 8.25 Å². The molecule has 0 amide bonds. The maximum absolute atomic E-state index is 13.2. The molecule has 8 heteroatoms. The average Bonchev–Trinajstić information content (AvgIpc) is 3.64. The van der Waals surface area contributed by atoms with Crippen molar-refractivity contribution in [3.05, 3.63) is 119 Å². The molecule has 0 bridgehead atoms. The van der Waals surface area contributed by atoms with Crippen LogP contribution in [0.2, 0.25) is 0 Å². The zero-order valence-electron chi connectivity index (χ0n) is 22.3. The molecule has 0 saturated carbocycles. The summed E-state index contributed by atoms with van der Waals surface area (Å²) in [5.74, 6) is -0.113. The van der Waals surface area contributed by atoms with Crippen LogP contribution in [0.5, 0.6) is 0 Å². The van der Waals surface area contributed by atoms with Crippen molar-refractivity contribution in [2.45, 2.75) is 50.6 Å². The number of aromatic nitrogens is 2. The van der Waals surface area contributed by atoms with Gasteiger partial charge < -0.3 is 9.13 Å². The molecule has 0 spiro atoms. The summed E-state index contributed by atoms with van der Waals surface area (Å²) in [6.45, 7) is 2.13. The largest absolute Gasteiger partial charge is 0.697 e. The van der Waals surface area contributed by atoms with Crippen LogP contribution in [0.1, 0.15) is 80.7 Å². The molecule has 2 aromatic heterocycles. The second-order valence-corrected chi connectivity index (χ2v) is 11.5. The van der Waals surface area contributed by atoms with E-state index in [0.29, 0.717) is 22.3 Å². The van der Waals surface area contributed by atoms with E-state index in [4.69, 9.17) is 9.05 Å². The molecule has 0 fully saturated rings. The van der Waals surface area contributed by atoms with Crippen molar-refractivity contribution in [2.24, 2.45) is 0 Å². The third-order valence-corrected chi connectivity index (χ3v) is 8.73. The van der Waals surface area contributed by atoms with E-state index in [0.717, 1.165) is 50.2 Å². The number of aryl methyl sites for hydroxylation is 2. The van der Waals surface area contributed by atoms with Crippen molar-refractivity contribution in [3.63, 3.8) is 0 Å². The van der Waals surface area contributed by atoms with Gasteiger partial charge in [-0.3, -0.25) is 9.59 Å². The monoisotopic (exact) mass is 555 g/mol. The van der Waals surface area contributed by atoms with Crippen LogP contribution in [0, 0.1) is 0 Å². The van der Waals surface area contributed by atoms with Crippen LogP contribution in [0.25, 0.3) is 0 Å². The molecule has 4 aromatic rings. The molecule has 2 aliphatic heterocycles. The lowest BCUT2D eigenvalue weighted by atomic mass is 9.91. The second kappa shape index (κ2) is 11.8. The highest BCUT2D eigenvalue weighted by Crippen LogP contribution is 2.38. The van der Waals surface area contributed by atoms with Crippen LogP contribution in [0.4, 0.5) is 0 Å². The van der Waals surface area contributed by atoms with Gasteiger partial charge in [0.1, 0.15) is 13.2 Å². The van der Waals surface area contributed by atoms with Gasteiger partial charge in [-0.2, -0.15) is 0 Å². The molecule has 40 heavy (non-hydrogen) atoms. The van der Waals surface area contributed by atoms with E-state index in [1.54, 1.807) is 0 Å². The van der Waals surface area contributed by atoms with Crippen molar-refractivity contribution in [2.75, 3.05) is 13.2 Å². The number of benzene rings is 2. The summed E-state index contributed by atoms with van der Waals surface area (Å²) in [4.78, 5) is 26.4. The van der Waals surface area contributed by atoms with Gasteiger partial charge in [0, 0.05) is 75.5 Å². The van der Waals surface area contributed by atoms with Gasteiger partial charge in [0.25, 0.3) is 0 Å². The first-order valence-corrected chi connectivity index (χ1v) is 15.0. The lowest BCUT2D eigenvalue weighted by Gasteiger charge is -2.25. The van der Waals surface area contributed by atoms with Gasteiger partial charge in [0.15, 0.2) is 11.6 Å². The third-order valence-electron chi connectivity index (χ3n) is 8.01. The molecule has 7 nitrogen and oxygen atoms in total. The predicted octanol–water partition coefficient (Wildman–Crippen LogP) is 6.90. The molecule has 0 aliphatic carbocycles. The number of ketones is 2. The number of fused-ring (bicyclic) bond motifs is 2. The van der Waals surface area contributed by atoms with E-state index in [-0.39, 0.29) is 36.6 Å². The number of hydrogen-bond acceptors (Lipinski definition) is 5. The first kappa shape index (κ1) is 26.6. The first-order valence-electron chi connectivity index (χ1n) is 13.9. The Labute approximate surface area is 234 Å². The van der Waals surface area contributed by atoms with Crippen LogP contribution in [0.3, 0.4) is 0 Å². The Bertz CT molecular complexity index is 1410. The summed E-state index contributed by atoms with van der Waals surface area (Å²) < 4.78 is 28.6. The zero-order valence-corrected chi connectivity index (χ0v) is 23.2. The molecule has 2 aliphatic rings. The van der Waals surface area contributed by atoms with Gasteiger partial charge in [-0.1, -0.05) is 60.7 Å². The maximum Gasteiger partial charge on any atom is 0.697 e. The van der Waals surface area contributed by atoms with Crippen molar-refractivity contribution >= 4 is 19.8 Å². The molecule has 204 valence electrons. The summed E-state index contributed by atoms with van der Waals surface area (Å²) in [5.41, 5.74) is 4.54. The normalized spacial score (nSPS) is 18.6. The van der Waals surface area contributed by atoms with E-state index in [1.165, 1.54) is 0 Å². The summed E-state index contributed by atoms with van der Waals surface area (Å²) in [6.07, 6.45) is 7.54. The Morgan fingerprint density at radius 2 is 1.10 bits per heavy atom. The highest BCUT2D eigenvalue weighted by molar-refractivity contribution is 7.33. The van der Waals surface area contributed by atoms with E-state index in [9.17, 15) is 14.2 Å². The number of rotatable bonds is 10. The average molecular weight is 556 g/mol. The predicted molar refractivity (Wildman–Crippen MR) is 152 cm³/mol. The fraction of sp³-hybridized carbons (Fsp3) is 0.312. The van der Waals surface area contributed by atoms with Crippen LogP contribution >= 0.6 is 8.25 Å². The molecule has 0 N–H and O–H groups in total. The van der Waals surface area contributed by atoms with Gasteiger partial charge >= 0.3 is 8.25 Å². The van der Waals surface area contributed by atoms with Crippen molar-refractivity contribution in [1.29, 1.82) is 0 Å². The van der Waals surface area contributed by atoms with Gasteiger partial charge in [-0.15, -0.1) is 9.05 Å². The van der Waals surface area contributed by atoms with Crippen LogP contribution in [0.15, 0.2) is 85.2 Å². The van der Waals surface area contributed by atoms with Crippen LogP contribution < -0.4 is 0 Å². The quantitative estimate of drug-likeness (QED) is 0.157. The van der Waals surface area contributed by atoms with E-state index in [1.807, 2.05) is 85.2 Å². The minimum Gasteiger partial charge on any atom is -0.350 e. The smallest absolute Gasteiger partial charge is 0.350 e. The minimum atomic E-state index is -2.36. The van der Waals surface area contributed by atoms with Crippen LogP contribution in [-0.4, -0.2) is 33.9 Å². The van der Waals surface area contributed by atoms with E-state index >= 15 is 0 Å². The summed E-state index contributed by atoms with van der Waals surface area (Å²) in [5, 5.41) is 0. The molecular formula is C32H32N2O5P+. The zero-order chi connectivity index (χ0) is 27.5. The van der Waals surface area contributed by atoms with Crippen LogP contribution in [-0.2, 0) is 26.7 Å². The summed E-state index contributed by atoms with van der Waals surface area (Å²) >= 11 is 0. The fourth-order valence-corrected chi connectivity index (χ4v) is 6.77. The number of carbonyl (C=O) groups excluding carboxylic acids is 2. The van der Waals surface area contributed by atoms with Gasteiger partial charge in [-0.25, -0.2) is 0 Å². The highest BCUT2D eigenvalue weighted by atomic mass is 31.1. The highest BCUT2D eigenvalue weighted by Gasteiger charge is 2.34. The molecule has 0 radical (unpaired) electrons. The molecular weight excluding hydrogens is 523 g/mol. The summed E-state index contributed by atoms with van der Waals surface area (Å²) in [6, 6.07) is 22.3. The Balaban J connectivity index is 1.11. The van der Waals surface area contributed by atoms with Crippen molar-refractivity contribution in [1.82, 2.24) is 9.13 Å². The minimum absolute atomic E-state index is 0.0111. The fourth-order valence-electron chi connectivity index (χ4n) is 6.10. The Hall–Kier alpha value is -3.64. The third kappa shape index (κ3) is 5.37. The number of nitrogens with zero attached hydrogens (tertiary/aromatic N) is 2. The van der Waals surface area contributed by atoms with Gasteiger partial charge in [0.05, 0.1) is 0 Å². The molecule has 0 saturated heterocycles. The number of carbonyl (C=O) groups is 2. The Kier molecular flexibility index (Phi) is 7.87. The SMILES string of the molecule is O=C(c1ccccc1)c1ccn2c1C(CO[P+](=O)OCC1CCCn3ccc(C(=O)c4ccccc4)c31)CCC2. The lowest BCUT2D eigenvalue weighted by Crippen LogP contribution is -2.21. The van der Waals surface area contributed by atoms with E-state index in [2.05, 4.69) is 9.13 Å². The molecule has 4 heterocycles. The number of hydrogen-bond donors (Lipinski definition) is 0. The molecule has 2 unspecified atom stereocenters. The molecule has 2 aromatic carbocycles. The standard InChI is InChI=1S/C32H32N2O5P/c35-31(23-9-3-1-4-10-23)27-15-19-33-17-7-13-25(29(27)33)21-38-40(37)39-22-26-14-8-18-34-20-16-28(30(26)34)32(36)24-11-5-2-6-12-24/h1-6,9-12,15-16,19-20,25-26H,7-8,13-14,17-18,21-22H2/q+1. The molecule has 6 rings (SSSR count).